The summed E-state index contributed by atoms with van der Waals surface area (Å²) in [4.78, 5) is 2.17. The Hall–Kier alpha value is -1.98. The first-order valence-electron chi connectivity index (χ1n) is 6.98. The highest BCUT2D eigenvalue weighted by Crippen LogP contribution is 2.18. The van der Waals surface area contributed by atoms with E-state index in [-0.39, 0.29) is 0 Å². The lowest BCUT2D eigenvalue weighted by atomic mass is 9.77. The molecular weight excluding hydrogens is 265 g/mol. The number of hydrogen-bond donors (Lipinski definition) is 2. The van der Waals surface area contributed by atoms with Crippen LogP contribution in [0.2, 0.25) is 0 Å². The van der Waals surface area contributed by atoms with Gasteiger partial charge in [0.2, 0.25) is 0 Å². The van der Waals surface area contributed by atoms with Gasteiger partial charge in [-0.1, -0.05) is 24.3 Å². The third kappa shape index (κ3) is 3.77. The number of methoxy groups -OCH3 is 1. The molecule has 2 aromatic carbocycles. The van der Waals surface area contributed by atoms with Crippen molar-refractivity contribution in [3.63, 3.8) is 0 Å². The molecule has 0 atom stereocenters. The molecule has 0 aromatic heterocycles. The second kappa shape index (κ2) is 7.15. The number of anilines is 1. The molecular formula is C16H20BNO3. The summed E-state index contributed by atoms with van der Waals surface area (Å²) in [6.07, 6.45) is 0. The van der Waals surface area contributed by atoms with Gasteiger partial charge in [-0.2, -0.15) is 0 Å². The Morgan fingerprint density at radius 1 is 1.10 bits per heavy atom. The Balaban J connectivity index is 2.32. The van der Waals surface area contributed by atoms with Crippen LogP contribution in [0.5, 0.6) is 5.75 Å². The predicted octanol–water partition coefficient (Wildman–Crippen LogP) is 1.40. The SMILES string of the molecule is CCN(Cc1cc(OC)ccc1B(O)O)c1ccccc1. The van der Waals surface area contributed by atoms with Gasteiger partial charge < -0.3 is 19.7 Å². The van der Waals surface area contributed by atoms with Gasteiger partial charge in [-0.05, 0) is 42.2 Å². The molecule has 0 aliphatic rings. The number of ether oxygens (including phenoxy) is 1. The minimum absolute atomic E-state index is 0.505. The first kappa shape index (κ1) is 15.4. The van der Waals surface area contributed by atoms with Crippen molar-refractivity contribution in [3.05, 3.63) is 54.1 Å². The monoisotopic (exact) mass is 285 g/mol. The van der Waals surface area contributed by atoms with Crippen molar-refractivity contribution in [2.24, 2.45) is 0 Å². The van der Waals surface area contributed by atoms with Crippen molar-refractivity contribution in [2.45, 2.75) is 13.5 Å². The molecule has 110 valence electrons. The minimum atomic E-state index is -1.49. The molecule has 5 heteroatoms. The van der Waals surface area contributed by atoms with Crippen LogP contribution in [0.4, 0.5) is 5.69 Å². The van der Waals surface area contributed by atoms with E-state index < -0.39 is 7.12 Å². The van der Waals surface area contributed by atoms with Crippen molar-refractivity contribution < 1.29 is 14.8 Å². The Kier molecular flexibility index (Phi) is 5.25. The lowest BCUT2D eigenvalue weighted by Gasteiger charge is -2.24. The fourth-order valence-corrected chi connectivity index (χ4v) is 2.33. The van der Waals surface area contributed by atoms with Crippen molar-refractivity contribution in [1.29, 1.82) is 0 Å². The van der Waals surface area contributed by atoms with Crippen LogP contribution < -0.4 is 15.1 Å². The van der Waals surface area contributed by atoms with Crippen LogP contribution in [0.1, 0.15) is 12.5 Å². The zero-order chi connectivity index (χ0) is 15.2. The second-order valence-corrected chi connectivity index (χ2v) is 4.79. The smallest absolute Gasteiger partial charge is 0.488 e. The summed E-state index contributed by atoms with van der Waals surface area (Å²) in [5.74, 6) is 0.707. The van der Waals surface area contributed by atoms with Crippen molar-refractivity contribution in [3.8, 4) is 5.75 Å². The normalized spacial score (nSPS) is 10.3. The molecule has 21 heavy (non-hydrogen) atoms. The van der Waals surface area contributed by atoms with Gasteiger partial charge >= 0.3 is 7.12 Å². The minimum Gasteiger partial charge on any atom is -0.497 e. The maximum absolute atomic E-state index is 9.52. The molecule has 0 heterocycles. The van der Waals surface area contributed by atoms with E-state index in [1.807, 2.05) is 36.4 Å². The highest BCUT2D eigenvalue weighted by atomic mass is 16.5. The van der Waals surface area contributed by atoms with Crippen LogP contribution in [0.3, 0.4) is 0 Å². The fraction of sp³-hybridized carbons (Fsp3) is 0.250. The van der Waals surface area contributed by atoms with Crippen LogP contribution >= 0.6 is 0 Å². The van der Waals surface area contributed by atoms with E-state index >= 15 is 0 Å². The van der Waals surface area contributed by atoms with Crippen molar-refractivity contribution in [1.82, 2.24) is 0 Å². The van der Waals surface area contributed by atoms with Gasteiger partial charge in [-0.3, -0.25) is 0 Å². The quantitative estimate of drug-likeness (QED) is 0.788. The fourth-order valence-electron chi connectivity index (χ4n) is 2.33. The summed E-state index contributed by atoms with van der Waals surface area (Å²) in [5.41, 5.74) is 2.45. The molecule has 0 amide bonds. The summed E-state index contributed by atoms with van der Waals surface area (Å²) >= 11 is 0. The van der Waals surface area contributed by atoms with Crippen LogP contribution in [-0.2, 0) is 6.54 Å². The molecule has 0 bridgehead atoms. The molecule has 0 unspecified atom stereocenters. The molecule has 2 N–H and O–H groups in total. The molecule has 4 nitrogen and oxygen atoms in total. The van der Waals surface area contributed by atoms with Gasteiger partial charge in [0, 0.05) is 18.8 Å². The van der Waals surface area contributed by atoms with E-state index in [1.54, 1.807) is 19.2 Å². The third-order valence-electron chi connectivity index (χ3n) is 3.49. The van der Waals surface area contributed by atoms with E-state index in [1.165, 1.54) is 0 Å². The third-order valence-corrected chi connectivity index (χ3v) is 3.49. The first-order chi connectivity index (χ1) is 10.2. The maximum Gasteiger partial charge on any atom is 0.488 e. The Bertz CT molecular complexity index is 575. The van der Waals surface area contributed by atoms with E-state index in [9.17, 15) is 10.0 Å². The first-order valence-corrected chi connectivity index (χ1v) is 6.98. The second-order valence-electron chi connectivity index (χ2n) is 4.79. The largest absolute Gasteiger partial charge is 0.497 e. The highest BCUT2D eigenvalue weighted by molar-refractivity contribution is 6.59. The van der Waals surface area contributed by atoms with E-state index in [2.05, 4.69) is 11.8 Å². The molecule has 0 fully saturated rings. The number of para-hydroxylation sites is 1. The van der Waals surface area contributed by atoms with E-state index in [0.717, 1.165) is 17.8 Å². The standard InChI is InChI=1S/C16H20BNO3/c1-3-18(14-7-5-4-6-8-14)12-13-11-15(21-2)9-10-16(13)17(19)20/h4-11,19-20H,3,12H2,1-2H3. The highest BCUT2D eigenvalue weighted by Gasteiger charge is 2.18. The zero-order valence-corrected chi connectivity index (χ0v) is 12.4. The summed E-state index contributed by atoms with van der Waals surface area (Å²) in [5, 5.41) is 19.0. The van der Waals surface area contributed by atoms with E-state index in [4.69, 9.17) is 4.74 Å². The number of rotatable bonds is 6. The number of hydrogen-bond acceptors (Lipinski definition) is 4. The molecule has 2 rings (SSSR count). The number of benzene rings is 2. The van der Waals surface area contributed by atoms with Crippen molar-refractivity contribution in [2.75, 3.05) is 18.6 Å². The zero-order valence-electron chi connectivity index (χ0n) is 12.4. The van der Waals surface area contributed by atoms with Gasteiger partial charge in [0.15, 0.2) is 0 Å². The van der Waals surface area contributed by atoms with E-state index in [0.29, 0.717) is 17.8 Å². The van der Waals surface area contributed by atoms with Gasteiger partial charge in [0.05, 0.1) is 7.11 Å². The molecule has 0 aliphatic heterocycles. The summed E-state index contributed by atoms with van der Waals surface area (Å²) < 4.78 is 5.23. The lowest BCUT2D eigenvalue weighted by molar-refractivity contribution is 0.413. The molecule has 0 aliphatic carbocycles. The Morgan fingerprint density at radius 3 is 2.38 bits per heavy atom. The predicted molar refractivity (Wildman–Crippen MR) is 86.0 cm³/mol. The molecule has 2 aromatic rings. The summed E-state index contributed by atoms with van der Waals surface area (Å²) in [7, 11) is 0.114. The van der Waals surface area contributed by atoms with Crippen LogP contribution in [0, 0.1) is 0 Å². The van der Waals surface area contributed by atoms with Gasteiger partial charge in [-0.25, -0.2) is 0 Å². The van der Waals surface area contributed by atoms with Crippen molar-refractivity contribution >= 4 is 18.3 Å². The molecule has 0 radical (unpaired) electrons. The average Bonchev–Trinajstić information content (AvgIpc) is 2.53. The molecule has 0 saturated carbocycles. The summed E-state index contributed by atoms with van der Waals surface area (Å²) in [6, 6.07) is 15.3. The topological polar surface area (TPSA) is 52.9 Å². The number of nitrogens with zero attached hydrogens (tertiary/aromatic N) is 1. The average molecular weight is 285 g/mol. The maximum atomic E-state index is 9.52. The molecule has 0 saturated heterocycles. The van der Waals surface area contributed by atoms with Crippen LogP contribution in [-0.4, -0.2) is 30.8 Å². The van der Waals surface area contributed by atoms with Crippen LogP contribution in [0.15, 0.2) is 48.5 Å². The van der Waals surface area contributed by atoms with Gasteiger partial charge in [-0.15, -0.1) is 0 Å². The Labute approximate surface area is 125 Å². The van der Waals surface area contributed by atoms with Gasteiger partial charge in [0.1, 0.15) is 5.75 Å². The Morgan fingerprint density at radius 2 is 1.81 bits per heavy atom. The summed E-state index contributed by atoms with van der Waals surface area (Å²) in [6.45, 7) is 3.48. The van der Waals surface area contributed by atoms with Crippen LogP contribution in [0.25, 0.3) is 0 Å². The van der Waals surface area contributed by atoms with Gasteiger partial charge in [0.25, 0.3) is 0 Å². The lowest BCUT2D eigenvalue weighted by Crippen LogP contribution is -2.36. The molecule has 0 spiro atoms.